The summed E-state index contributed by atoms with van der Waals surface area (Å²) in [5.41, 5.74) is 1.91. The van der Waals surface area contributed by atoms with Crippen molar-refractivity contribution >= 4 is 5.82 Å². The van der Waals surface area contributed by atoms with Crippen LogP contribution in [0.1, 0.15) is 57.6 Å². The maximum absolute atomic E-state index is 4.95. The van der Waals surface area contributed by atoms with Crippen molar-refractivity contribution in [1.82, 2.24) is 24.8 Å². The summed E-state index contributed by atoms with van der Waals surface area (Å²) in [4.78, 5) is 23.4. The van der Waals surface area contributed by atoms with Gasteiger partial charge in [0.05, 0.1) is 6.20 Å². The molecule has 4 rings (SSSR count). The van der Waals surface area contributed by atoms with Crippen molar-refractivity contribution in [2.45, 2.75) is 51.9 Å². The summed E-state index contributed by atoms with van der Waals surface area (Å²) >= 11 is 0. The second-order valence-corrected chi connectivity index (χ2v) is 8.46. The van der Waals surface area contributed by atoms with Gasteiger partial charge in [-0.15, -0.1) is 0 Å². The van der Waals surface area contributed by atoms with E-state index < -0.39 is 0 Å². The molecule has 1 atom stereocenters. The van der Waals surface area contributed by atoms with Crippen LogP contribution in [-0.4, -0.2) is 57.6 Å². The number of anilines is 1. The van der Waals surface area contributed by atoms with Crippen molar-refractivity contribution in [1.29, 1.82) is 0 Å². The van der Waals surface area contributed by atoms with Gasteiger partial charge in [-0.05, 0) is 65.0 Å². The Kier molecular flexibility index (Phi) is 7.05. The summed E-state index contributed by atoms with van der Waals surface area (Å²) in [6.07, 6.45) is 16.0. The summed E-state index contributed by atoms with van der Waals surface area (Å²) in [6.45, 7) is 9.78. The van der Waals surface area contributed by atoms with Gasteiger partial charge in [0.2, 0.25) is 0 Å². The van der Waals surface area contributed by atoms with E-state index >= 15 is 0 Å². The lowest BCUT2D eigenvalue weighted by molar-refractivity contribution is 0.177. The minimum atomic E-state index is 0.486. The van der Waals surface area contributed by atoms with Crippen LogP contribution in [-0.2, 0) is 0 Å². The summed E-state index contributed by atoms with van der Waals surface area (Å²) in [6, 6.07) is 2.21. The predicted octanol–water partition coefficient (Wildman–Crippen LogP) is 4.32. The standard InChI is InChI=1S/C24H34N6/c1-3-30(4-2)23-16-21(27-24(28-23)22-17-25-12-13-26-22)20-10-14-29(15-11-20)18-19-8-6-5-7-9-19/h5-6,12-13,16-17,19-20H,3-4,7-11,14-15,18H2,1-2H3. The van der Waals surface area contributed by atoms with Gasteiger partial charge < -0.3 is 9.80 Å². The first kappa shape index (κ1) is 20.9. The predicted molar refractivity (Wildman–Crippen MR) is 122 cm³/mol. The molecule has 1 saturated heterocycles. The average molecular weight is 407 g/mol. The number of hydrogen-bond donors (Lipinski definition) is 0. The molecule has 1 fully saturated rings. The molecule has 160 valence electrons. The van der Waals surface area contributed by atoms with E-state index in [1.807, 2.05) is 0 Å². The third-order valence-corrected chi connectivity index (χ3v) is 6.51. The van der Waals surface area contributed by atoms with E-state index in [4.69, 9.17) is 9.97 Å². The van der Waals surface area contributed by atoms with E-state index in [1.54, 1.807) is 18.6 Å². The van der Waals surface area contributed by atoms with Crippen LogP contribution < -0.4 is 4.90 Å². The second-order valence-electron chi connectivity index (χ2n) is 8.46. The van der Waals surface area contributed by atoms with Gasteiger partial charge in [-0.1, -0.05) is 12.2 Å². The third kappa shape index (κ3) is 5.04. The normalized spacial score (nSPS) is 20.4. The molecule has 0 amide bonds. The molecule has 0 radical (unpaired) electrons. The Morgan fingerprint density at radius 2 is 1.87 bits per heavy atom. The fraction of sp³-hybridized carbons (Fsp3) is 0.583. The second kappa shape index (κ2) is 10.1. The summed E-state index contributed by atoms with van der Waals surface area (Å²) < 4.78 is 0. The summed E-state index contributed by atoms with van der Waals surface area (Å²) in [7, 11) is 0. The smallest absolute Gasteiger partial charge is 0.182 e. The molecular weight excluding hydrogens is 372 g/mol. The molecule has 2 aliphatic rings. The van der Waals surface area contributed by atoms with Crippen LogP contribution >= 0.6 is 0 Å². The Labute approximate surface area is 180 Å². The molecule has 2 aromatic heterocycles. The first-order valence-corrected chi connectivity index (χ1v) is 11.5. The van der Waals surface area contributed by atoms with Crippen LogP contribution in [0.3, 0.4) is 0 Å². The molecule has 2 aromatic rings. The molecule has 3 heterocycles. The number of hydrogen-bond acceptors (Lipinski definition) is 6. The monoisotopic (exact) mass is 406 g/mol. The first-order valence-electron chi connectivity index (χ1n) is 11.5. The van der Waals surface area contributed by atoms with E-state index in [9.17, 15) is 0 Å². The molecule has 30 heavy (non-hydrogen) atoms. The topological polar surface area (TPSA) is 58.0 Å². The van der Waals surface area contributed by atoms with E-state index in [1.165, 1.54) is 25.8 Å². The third-order valence-electron chi connectivity index (χ3n) is 6.51. The molecule has 0 N–H and O–H groups in total. The van der Waals surface area contributed by atoms with Crippen molar-refractivity contribution in [3.05, 3.63) is 42.5 Å². The zero-order valence-electron chi connectivity index (χ0n) is 18.4. The molecule has 1 unspecified atom stereocenters. The van der Waals surface area contributed by atoms with E-state index in [-0.39, 0.29) is 0 Å². The minimum absolute atomic E-state index is 0.486. The van der Waals surface area contributed by atoms with Crippen LogP contribution in [0.5, 0.6) is 0 Å². The molecule has 0 aromatic carbocycles. The average Bonchev–Trinajstić information content (AvgIpc) is 2.81. The van der Waals surface area contributed by atoms with Gasteiger partial charge in [-0.3, -0.25) is 4.98 Å². The highest BCUT2D eigenvalue weighted by atomic mass is 15.2. The first-order chi connectivity index (χ1) is 14.8. The van der Waals surface area contributed by atoms with Crippen molar-refractivity contribution in [2.24, 2.45) is 5.92 Å². The van der Waals surface area contributed by atoms with Gasteiger partial charge in [0.25, 0.3) is 0 Å². The van der Waals surface area contributed by atoms with Gasteiger partial charge in [0.1, 0.15) is 11.5 Å². The summed E-state index contributed by atoms with van der Waals surface area (Å²) in [5.74, 6) is 3.02. The van der Waals surface area contributed by atoms with Gasteiger partial charge in [0.15, 0.2) is 5.82 Å². The largest absolute Gasteiger partial charge is 0.357 e. The van der Waals surface area contributed by atoms with Gasteiger partial charge in [0, 0.05) is 49.7 Å². The molecule has 6 heteroatoms. The molecule has 1 aliphatic heterocycles. The zero-order chi connectivity index (χ0) is 20.8. The molecule has 1 aliphatic carbocycles. The Morgan fingerprint density at radius 3 is 2.53 bits per heavy atom. The highest BCUT2D eigenvalue weighted by Crippen LogP contribution is 2.31. The number of rotatable bonds is 7. The van der Waals surface area contributed by atoms with Gasteiger partial charge >= 0.3 is 0 Å². The molecule has 6 nitrogen and oxygen atoms in total. The van der Waals surface area contributed by atoms with Crippen molar-refractivity contribution < 1.29 is 0 Å². The van der Waals surface area contributed by atoms with Gasteiger partial charge in [-0.25, -0.2) is 15.0 Å². The Balaban J connectivity index is 1.50. The van der Waals surface area contributed by atoms with Gasteiger partial charge in [-0.2, -0.15) is 0 Å². The van der Waals surface area contributed by atoms with E-state index in [0.29, 0.717) is 11.7 Å². The zero-order valence-corrected chi connectivity index (χ0v) is 18.4. The van der Waals surface area contributed by atoms with E-state index in [2.05, 4.69) is 51.8 Å². The Hall–Kier alpha value is -2.34. The lowest BCUT2D eigenvalue weighted by atomic mass is 9.90. The Bertz CT molecular complexity index is 825. The van der Waals surface area contributed by atoms with Crippen molar-refractivity contribution in [3.8, 4) is 11.5 Å². The molecular formula is C24H34N6. The van der Waals surface area contributed by atoms with Crippen LogP contribution in [0.2, 0.25) is 0 Å². The quantitative estimate of drug-likeness (QED) is 0.639. The maximum atomic E-state index is 4.95. The molecule has 0 saturated carbocycles. The van der Waals surface area contributed by atoms with Crippen LogP contribution in [0.15, 0.2) is 36.8 Å². The summed E-state index contributed by atoms with van der Waals surface area (Å²) in [5, 5.41) is 0. The minimum Gasteiger partial charge on any atom is -0.357 e. The number of likely N-dealkylation sites (tertiary alicyclic amines) is 1. The maximum Gasteiger partial charge on any atom is 0.182 e. The van der Waals surface area contributed by atoms with Crippen molar-refractivity contribution in [3.63, 3.8) is 0 Å². The van der Waals surface area contributed by atoms with Crippen LogP contribution in [0, 0.1) is 5.92 Å². The lowest BCUT2D eigenvalue weighted by Gasteiger charge is -2.34. The van der Waals surface area contributed by atoms with Crippen LogP contribution in [0.25, 0.3) is 11.5 Å². The van der Waals surface area contributed by atoms with E-state index in [0.717, 1.165) is 62.1 Å². The highest BCUT2D eigenvalue weighted by Gasteiger charge is 2.25. The van der Waals surface area contributed by atoms with Crippen molar-refractivity contribution in [2.75, 3.05) is 37.6 Å². The number of nitrogens with zero attached hydrogens (tertiary/aromatic N) is 6. The number of piperidine rings is 1. The Morgan fingerprint density at radius 1 is 1.03 bits per heavy atom. The molecule has 0 bridgehead atoms. The highest BCUT2D eigenvalue weighted by molar-refractivity contribution is 5.53. The number of aromatic nitrogens is 4. The fourth-order valence-electron chi connectivity index (χ4n) is 4.70. The SMILES string of the molecule is CCN(CC)c1cc(C2CCN(CC3CC=CCC3)CC2)nc(-c2cnccn2)n1. The van der Waals surface area contributed by atoms with Crippen LogP contribution in [0.4, 0.5) is 5.82 Å². The molecule has 0 spiro atoms. The number of allylic oxidation sites excluding steroid dienone is 2. The lowest BCUT2D eigenvalue weighted by Crippen LogP contribution is -2.37. The fourth-order valence-corrected chi connectivity index (χ4v) is 4.70.